The van der Waals surface area contributed by atoms with Crippen molar-refractivity contribution in [2.75, 3.05) is 25.5 Å². The minimum Gasteiger partial charge on any atom is -0.389 e. The first-order chi connectivity index (χ1) is 10.1. The number of aliphatic hydroxyl groups is 1. The molecule has 118 valence electrons. The zero-order valence-corrected chi connectivity index (χ0v) is 13.5. The predicted molar refractivity (Wildman–Crippen MR) is 84.1 cm³/mol. The van der Waals surface area contributed by atoms with Crippen LogP contribution in [0, 0.1) is 11.7 Å². The lowest BCUT2D eigenvalue weighted by Gasteiger charge is -2.27. The number of benzene rings is 1. The molecule has 1 heterocycles. The van der Waals surface area contributed by atoms with Crippen LogP contribution in [0.25, 0.3) is 0 Å². The molecule has 2 rings (SSSR count). The van der Waals surface area contributed by atoms with Crippen LogP contribution in [0.4, 0.5) is 4.39 Å². The lowest BCUT2D eigenvalue weighted by atomic mass is 10.0. The van der Waals surface area contributed by atoms with Crippen molar-refractivity contribution in [1.82, 2.24) is 5.32 Å². The molecule has 21 heavy (non-hydrogen) atoms. The number of halogens is 1. The van der Waals surface area contributed by atoms with E-state index in [2.05, 4.69) is 19.2 Å². The number of hydrogen-bond donors (Lipinski definition) is 2. The third-order valence-electron chi connectivity index (χ3n) is 3.37. The average molecular weight is 313 g/mol. The van der Waals surface area contributed by atoms with E-state index < -0.39 is 6.10 Å². The van der Waals surface area contributed by atoms with E-state index in [9.17, 15) is 9.50 Å². The molecule has 0 spiro atoms. The summed E-state index contributed by atoms with van der Waals surface area (Å²) in [5, 5.41) is 13.3. The molecule has 0 fully saturated rings. The second-order valence-corrected chi connectivity index (χ2v) is 7.00. The normalized spacial score (nSPS) is 19.6. The number of hydrogen-bond acceptors (Lipinski definition) is 4. The molecule has 1 aromatic rings. The van der Waals surface area contributed by atoms with Crippen LogP contribution >= 0.6 is 11.8 Å². The average Bonchev–Trinajstić information content (AvgIpc) is 2.44. The van der Waals surface area contributed by atoms with Gasteiger partial charge in [0, 0.05) is 24.1 Å². The van der Waals surface area contributed by atoms with Gasteiger partial charge >= 0.3 is 0 Å². The molecule has 0 radical (unpaired) electrons. The van der Waals surface area contributed by atoms with Crippen LogP contribution in [0.1, 0.15) is 31.9 Å². The van der Waals surface area contributed by atoms with Crippen molar-refractivity contribution < 1.29 is 14.2 Å². The maximum absolute atomic E-state index is 13.4. The summed E-state index contributed by atoms with van der Waals surface area (Å²) in [6.45, 7) is 5.61. The molecule has 2 N–H and O–H groups in total. The number of ether oxygens (including phenoxy) is 1. The fourth-order valence-corrected chi connectivity index (χ4v) is 3.46. The summed E-state index contributed by atoms with van der Waals surface area (Å²) in [6.07, 6.45) is 0.413. The SMILES string of the molecule is CC(C)COCC(O)CNC1CCSc2ccc(F)cc21. The predicted octanol–water partition coefficient (Wildman–Crippen LogP) is 2.99. The summed E-state index contributed by atoms with van der Waals surface area (Å²) in [5.74, 6) is 1.27. The molecule has 3 nitrogen and oxygen atoms in total. The molecule has 5 heteroatoms. The maximum Gasteiger partial charge on any atom is 0.123 e. The molecule has 0 saturated carbocycles. The minimum absolute atomic E-state index is 0.108. The summed E-state index contributed by atoms with van der Waals surface area (Å²) in [4.78, 5) is 1.13. The van der Waals surface area contributed by atoms with E-state index in [1.807, 2.05) is 6.07 Å². The van der Waals surface area contributed by atoms with Crippen LogP contribution in [0.15, 0.2) is 23.1 Å². The highest BCUT2D eigenvalue weighted by molar-refractivity contribution is 7.99. The van der Waals surface area contributed by atoms with Gasteiger partial charge in [0.05, 0.1) is 12.7 Å². The fourth-order valence-electron chi connectivity index (χ4n) is 2.35. The standard InChI is InChI=1S/C16H24FNO2S/c1-11(2)9-20-10-13(19)8-18-15-5-6-21-16-4-3-12(17)7-14(15)16/h3-4,7,11,13,15,18-19H,5-6,8-10H2,1-2H3. The Bertz CT molecular complexity index is 456. The second-order valence-electron chi connectivity index (χ2n) is 5.87. The van der Waals surface area contributed by atoms with Crippen molar-refractivity contribution in [3.8, 4) is 0 Å². The van der Waals surface area contributed by atoms with Crippen LogP contribution in [-0.2, 0) is 4.74 Å². The Kier molecular flexibility index (Phi) is 6.48. The highest BCUT2D eigenvalue weighted by atomic mass is 32.2. The Morgan fingerprint density at radius 3 is 3.00 bits per heavy atom. The highest BCUT2D eigenvalue weighted by Crippen LogP contribution is 2.36. The summed E-state index contributed by atoms with van der Waals surface area (Å²) < 4.78 is 18.8. The molecule has 1 aliphatic heterocycles. The van der Waals surface area contributed by atoms with Gasteiger partial charge in [0.25, 0.3) is 0 Å². The fraction of sp³-hybridized carbons (Fsp3) is 0.625. The van der Waals surface area contributed by atoms with Gasteiger partial charge in [-0.15, -0.1) is 11.8 Å². The van der Waals surface area contributed by atoms with E-state index in [-0.39, 0.29) is 11.9 Å². The number of thioether (sulfide) groups is 1. The number of rotatable bonds is 7. The van der Waals surface area contributed by atoms with Gasteiger partial charge in [-0.05, 0) is 41.9 Å². The third kappa shape index (κ3) is 5.25. The molecule has 1 aromatic carbocycles. The van der Waals surface area contributed by atoms with Crippen LogP contribution in [0.2, 0.25) is 0 Å². The Hall–Kier alpha value is -0.620. The maximum atomic E-state index is 13.4. The zero-order valence-electron chi connectivity index (χ0n) is 12.6. The number of aliphatic hydroxyl groups excluding tert-OH is 1. The molecule has 0 amide bonds. The third-order valence-corrected chi connectivity index (χ3v) is 4.50. The molecular weight excluding hydrogens is 289 g/mol. The molecule has 0 saturated heterocycles. The van der Waals surface area contributed by atoms with E-state index in [0.29, 0.717) is 25.7 Å². The summed E-state index contributed by atoms with van der Waals surface area (Å²) in [7, 11) is 0. The molecule has 1 aliphatic rings. The Balaban J connectivity index is 1.83. The Morgan fingerprint density at radius 1 is 1.43 bits per heavy atom. The summed E-state index contributed by atoms with van der Waals surface area (Å²) in [6, 6.07) is 5.05. The van der Waals surface area contributed by atoms with Crippen molar-refractivity contribution in [1.29, 1.82) is 0 Å². The van der Waals surface area contributed by atoms with Gasteiger partial charge in [-0.1, -0.05) is 13.8 Å². The van der Waals surface area contributed by atoms with Crippen molar-refractivity contribution in [2.45, 2.75) is 37.3 Å². The van der Waals surface area contributed by atoms with Crippen LogP contribution in [0.5, 0.6) is 0 Å². The molecule has 0 aliphatic carbocycles. The van der Waals surface area contributed by atoms with Crippen molar-refractivity contribution in [2.24, 2.45) is 5.92 Å². The Morgan fingerprint density at radius 2 is 2.24 bits per heavy atom. The molecule has 0 bridgehead atoms. The van der Waals surface area contributed by atoms with Gasteiger partial charge < -0.3 is 15.2 Å². The van der Waals surface area contributed by atoms with E-state index >= 15 is 0 Å². The van der Waals surface area contributed by atoms with Gasteiger partial charge in [0.1, 0.15) is 5.82 Å². The quantitative estimate of drug-likeness (QED) is 0.812. The van der Waals surface area contributed by atoms with Gasteiger partial charge in [-0.2, -0.15) is 0 Å². The van der Waals surface area contributed by atoms with Crippen molar-refractivity contribution >= 4 is 11.8 Å². The minimum atomic E-state index is -0.532. The first-order valence-electron chi connectivity index (χ1n) is 7.47. The van der Waals surface area contributed by atoms with E-state index in [1.54, 1.807) is 17.8 Å². The first kappa shape index (κ1) is 16.7. The smallest absolute Gasteiger partial charge is 0.123 e. The first-order valence-corrected chi connectivity index (χ1v) is 8.46. The van der Waals surface area contributed by atoms with E-state index in [0.717, 1.165) is 22.6 Å². The Labute approximate surface area is 130 Å². The van der Waals surface area contributed by atoms with Gasteiger partial charge in [0.15, 0.2) is 0 Å². The van der Waals surface area contributed by atoms with Crippen molar-refractivity contribution in [3.05, 3.63) is 29.6 Å². The van der Waals surface area contributed by atoms with E-state index in [4.69, 9.17) is 4.74 Å². The highest BCUT2D eigenvalue weighted by Gasteiger charge is 2.21. The van der Waals surface area contributed by atoms with Gasteiger partial charge in [0.2, 0.25) is 0 Å². The topological polar surface area (TPSA) is 41.5 Å². The van der Waals surface area contributed by atoms with E-state index in [1.165, 1.54) is 6.07 Å². The van der Waals surface area contributed by atoms with Gasteiger partial charge in [-0.3, -0.25) is 0 Å². The van der Waals surface area contributed by atoms with Crippen molar-refractivity contribution in [3.63, 3.8) is 0 Å². The second kappa shape index (κ2) is 8.13. The zero-order chi connectivity index (χ0) is 15.2. The molecular formula is C16H24FNO2S. The van der Waals surface area contributed by atoms with Crippen LogP contribution in [0.3, 0.4) is 0 Å². The lowest BCUT2D eigenvalue weighted by molar-refractivity contribution is 0.0248. The largest absolute Gasteiger partial charge is 0.389 e. The lowest BCUT2D eigenvalue weighted by Crippen LogP contribution is -2.34. The molecule has 2 atom stereocenters. The van der Waals surface area contributed by atoms with Crippen LogP contribution < -0.4 is 5.32 Å². The summed E-state index contributed by atoms with van der Waals surface area (Å²) in [5.41, 5.74) is 1.00. The number of fused-ring (bicyclic) bond motifs is 1. The number of nitrogens with one attached hydrogen (secondary N) is 1. The van der Waals surface area contributed by atoms with Crippen LogP contribution in [-0.4, -0.2) is 36.7 Å². The molecule has 2 unspecified atom stereocenters. The monoisotopic (exact) mass is 313 g/mol. The summed E-state index contributed by atoms with van der Waals surface area (Å²) >= 11 is 1.76. The van der Waals surface area contributed by atoms with Gasteiger partial charge in [-0.25, -0.2) is 4.39 Å². The molecule has 0 aromatic heterocycles.